The lowest BCUT2D eigenvalue weighted by Crippen LogP contribution is -2.22. The SMILES string of the molecule is COc1ccc(-c2ccc(F)cc2)c(-c2cccc(-c3cc(C(C)(C)S(C)=O)cc4cccnc34)c2)n1. The molecule has 37 heavy (non-hydrogen) atoms. The Labute approximate surface area is 218 Å². The molecule has 0 N–H and O–H groups in total. The van der Waals surface area contributed by atoms with Crippen molar-refractivity contribution in [3.05, 3.63) is 103 Å². The molecule has 4 nitrogen and oxygen atoms in total. The number of benzene rings is 3. The van der Waals surface area contributed by atoms with Crippen molar-refractivity contribution in [3.8, 4) is 39.4 Å². The van der Waals surface area contributed by atoms with Crippen LogP contribution in [0.3, 0.4) is 0 Å². The third-order valence-electron chi connectivity index (χ3n) is 6.80. The fourth-order valence-electron chi connectivity index (χ4n) is 4.40. The summed E-state index contributed by atoms with van der Waals surface area (Å²) in [5.74, 6) is 0.205. The predicted octanol–water partition coefficient (Wildman–Crippen LogP) is 7.39. The molecule has 0 aliphatic rings. The second-order valence-electron chi connectivity index (χ2n) is 9.40. The first-order valence-electron chi connectivity index (χ1n) is 11.9. The molecule has 2 heterocycles. The normalized spacial score (nSPS) is 12.5. The first-order chi connectivity index (χ1) is 17.8. The number of aromatic nitrogens is 2. The zero-order valence-electron chi connectivity index (χ0n) is 21.2. The molecule has 0 saturated heterocycles. The lowest BCUT2D eigenvalue weighted by Gasteiger charge is -2.24. The van der Waals surface area contributed by atoms with Gasteiger partial charge < -0.3 is 4.74 Å². The van der Waals surface area contributed by atoms with E-state index in [0.717, 1.165) is 50.0 Å². The average molecular weight is 511 g/mol. The summed E-state index contributed by atoms with van der Waals surface area (Å²) in [5, 5.41) is 0.991. The van der Waals surface area contributed by atoms with Crippen LogP contribution in [-0.4, -0.2) is 27.5 Å². The van der Waals surface area contributed by atoms with Gasteiger partial charge in [-0.15, -0.1) is 0 Å². The van der Waals surface area contributed by atoms with Crippen LogP contribution in [-0.2, 0) is 15.5 Å². The minimum Gasteiger partial charge on any atom is -0.481 e. The van der Waals surface area contributed by atoms with Gasteiger partial charge in [-0.2, -0.15) is 0 Å². The molecular formula is C31H27FN2O2S. The van der Waals surface area contributed by atoms with Crippen LogP contribution < -0.4 is 4.74 Å². The lowest BCUT2D eigenvalue weighted by atomic mass is 9.92. The van der Waals surface area contributed by atoms with Crippen LogP contribution in [0.15, 0.2) is 91.1 Å². The zero-order valence-corrected chi connectivity index (χ0v) is 22.0. The molecule has 186 valence electrons. The Balaban J connectivity index is 1.72. The van der Waals surface area contributed by atoms with Crippen molar-refractivity contribution in [3.63, 3.8) is 0 Å². The monoisotopic (exact) mass is 510 g/mol. The molecule has 0 aliphatic carbocycles. The second kappa shape index (κ2) is 9.87. The maximum atomic E-state index is 13.6. The number of methoxy groups -OCH3 is 1. The maximum Gasteiger partial charge on any atom is 0.213 e. The number of rotatable bonds is 6. The van der Waals surface area contributed by atoms with Crippen molar-refractivity contribution in [2.24, 2.45) is 0 Å². The molecule has 5 rings (SSSR count). The van der Waals surface area contributed by atoms with Gasteiger partial charge >= 0.3 is 0 Å². The van der Waals surface area contributed by atoms with E-state index in [2.05, 4.69) is 23.2 Å². The van der Waals surface area contributed by atoms with E-state index in [1.807, 2.05) is 50.2 Å². The number of ether oxygens (including phenoxy) is 1. The van der Waals surface area contributed by atoms with Gasteiger partial charge in [0.1, 0.15) is 5.82 Å². The number of hydrogen-bond acceptors (Lipinski definition) is 4. The van der Waals surface area contributed by atoms with Crippen molar-refractivity contribution in [1.82, 2.24) is 9.97 Å². The third kappa shape index (κ3) is 4.77. The molecule has 1 unspecified atom stereocenters. The van der Waals surface area contributed by atoms with Crippen LogP contribution in [0.2, 0.25) is 0 Å². The molecule has 1 atom stereocenters. The van der Waals surface area contributed by atoms with Gasteiger partial charge in [0.05, 0.1) is 23.1 Å². The van der Waals surface area contributed by atoms with Crippen LogP contribution in [0.1, 0.15) is 19.4 Å². The fraction of sp³-hybridized carbons (Fsp3) is 0.161. The Morgan fingerprint density at radius 1 is 0.838 bits per heavy atom. The second-order valence-corrected chi connectivity index (χ2v) is 11.3. The van der Waals surface area contributed by atoms with E-state index in [4.69, 9.17) is 9.72 Å². The van der Waals surface area contributed by atoms with E-state index in [0.29, 0.717) is 5.88 Å². The number of fused-ring (bicyclic) bond motifs is 1. The zero-order chi connectivity index (χ0) is 26.2. The molecule has 0 amide bonds. The summed E-state index contributed by atoms with van der Waals surface area (Å²) in [5.41, 5.74) is 7.14. The average Bonchev–Trinajstić information content (AvgIpc) is 2.92. The van der Waals surface area contributed by atoms with Crippen LogP contribution in [0.4, 0.5) is 4.39 Å². The Bertz CT molecular complexity index is 1630. The summed E-state index contributed by atoms with van der Waals surface area (Å²) in [6.45, 7) is 3.99. The molecular weight excluding hydrogens is 483 g/mol. The van der Waals surface area contributed by atoms with Gasteiger partial charge in [-0.3, -0.25) is 9.19 Å². The van der Waals surface area contributed by atoms with E-state index in [1.54, 1.807) is 37.8 Å². The Kier molecular flexibility index (Phi) is 6.61. The molecule has 5 aromatic rings. The van der Waals surface area contributed by atoms with E-state index >= 15 is 0 Å². The number of hydrogen-bond donors (Lipinski definition) is 0. The summed E-state index contributed by atoms with van der Waals surface area (Å²) in [6.07, 6.45) is 3.52. The van der Waals surface area contributed by atoms with Gasteiger partial charge in [-0.05, 0) is 73.0 Å². The molecule has 2 aromatic heterocycles. The molecule has 6 heteroatoms. The smallest absolute Gasteiger partial charge is 0.213 e. The standard InChI is InChI=1S/C31H27FN2O2S/c1-31(2,37(4)35)24-18-23-9-6-16-33-29(23)27(19-24)21-7-5-8-22(17-21)30-26(14-15-28(34-30)36-3)20-10-12-25(32)13-11-20/h5-19H,1-4H3. The van der Waals surface area contributed by atoms with E-state index in [-0.39, 0.29) is 5.82 Å². The number of pyridine rings is 2. The highest BCUT2D eigenvalue weighted by Crippen LogP contribution is 2.38. The highest BCUT2D eigenvalue weighted by Gasteiger charge is 2.26. The van der Waals surface area contributed by atoms with Crippen molar-refractivity contribution in [2.45, 2.75) is 18.6 Å². The first-order valence-corrected chi connectivity index (χ1v) is 13.5. The third-order valence-corrected chi connectivity index (χ3v) is 8.47. The van der Waals surface area contributed by atoms with Gasteiger partial charge in [0, 0.05) is 51.4 Å². The van der Waals surface area contributed by atoms with Gasteiger partial charge in [0.2, 0.25) is 5.88 Å². The molecule has 0 bridgehead atoms. The largest absolute Gasteiger partial charge is 0.481 e. The fourth-order valence-corrected chi connectivity index (χ4v) is 4.85. The summed E-state index contributed by atoms with van der Waals surface area (Å²) >= 11 is 0. The molecule has 0 radical (unpaired) electrons. The Hall–Kier alpha value is -3.90. The predicted molar refractivity (Wildman–Crippen MR) is 149 cm³/mol. The lowest BCUT2D eigenvalue weighted by molar-refractivity contribution is 0.398. The van der Waals surface area contributed by atoms with Crippen molar-refractivity contribution < 1.29 is 13.3 Å². The Morgan fingerprint density at radius 2 is 1.59 bits per heavy atom. The summed E-state index contributed by atoms with van der Waals surface area (Å²) in [4.78, 5) is 9.45. The van der Waals surface area contributed by atoms with Crippen molar-refractivity contribution in [2.75, 3.05) is 13.4 Å². The van der Waals surface area contributed by atoms with Gasteiger partial charge in [-0.1, -0.05) is 36.4 Å². The molecule has 0 spiro atoms. The van der Waals surface area contributed by atoms with Crippen LogP contribution in [0.5, 0.6) is 5.88 Å². The van der Waals surface area contributed by atoms with Crippen molar-refractivity contribution >= 4 is 21.7 Å². The van der Waals surface area contributed by atoms with Gasteiger partial charge in [0.15, 0.2) is 0 Å². The maximum absolute atomic E-state index is 13.6. The van der Waals surface area contributed by atoms with Gasteiger partial charge in [0.25, 0.3) is 0 Å². The molecule has 0 aliphatic heterocycles. The first kappa shape index (κ1) is 24.8. The van der Waals surface area contributed by atoms with E-state index in [9.17, 15) is 8.60 Å². The summed E-state index contributed by atoms with van der Waals surface area (Å²) in [7, 11) is 0.517. The van der Waals surface area contributed by atoms with Crippen molar-refractivity contribution in [1.29, 1.82) is 0 Å². The minimum absolute atomic E-state index is 0.288. The van der Waals surface area contributed by atoms with Crippen LogP contribution in [0.25, 0.3) is 44.4 Å². The quantitative estimate of drug-likeness (QED) is 0.239. The van der Waals surface area contributed by atoms with E-state index < -0.39 is 15.5 Å². The topological polar surface area (TPSA) is 52.1 Å². The summed E-state index contributed by atoms with van der Waals surface area (Å²) in [6, 6.07) is 26.4. The molecule has 0 saturated carbocycles. The number of nitrogens with zero attached hydrogens (tertiary/aromatic N) is 2. The van der Waals surface area contributed by atoms with Crippen LogP contribution >= 0.6 is 0 Å². The van der Waals surface area contributed by atoms with Crippen LogP contribution in [0, 0.1) is 5.82 Å². The molecule has 0 fully saturated rings. The molecule has 3 aromatic carbocycles. The Morgan fingerprint density at radius 3 is 2.32 bits per heavy atom. The minimum atomic E-state index is -1.07. The highest BCUT2D eigenvalue weighted by atomic mass is 32.2. The van der Waals surface area contributed by atoms with Gasteiger partial charge in [-0.25, -0.2) is 9.37 Å². The number of halogens is 1. The summed E-state index contributed by atoms with van der Waals surface area (Å²) < 4.78 is 31.1. The van der Waals surface area contributed by atoms with E-state index in [1.165, 1.54) is 12.1 Å². The highest BCUT2D eigenvalue weighted by molar-refractivity contribution is 7.85.